The Morgan fingerprint density at radius 3 is 1.73 bits per heavy atom. The number of hydrogen-bond donors (Lipinski definition) is 7. The number of rotatable bonds is 18. The highest BCUT2D eigenvalue weighted by Gasteiger charge is 2.41. The van der Waals surface area contributed by atoms with Gasteiger partial charge in [-0.25, -0.2) is 4.79 Å². The molecule has 8 N–H and O–H groups in total. The maximum absolute atomic E-state index is 12.6. The molecule has 2 aromatic heterocycles. The highest BCUT2D eigenvalue weighted by molar-refractivity contribution is 5.94. The molecule has 16 heteroatoms. The number of nitrogens with one attached hydrogen (secondary N) is 2. The van der Waals surface area contributed by atoms with Gasteiger partial charge in [-0.15, -0.1) is 0 Å². The van der Waals surface area contributed by atoms with E-state index in [0.29, 0.717) is 49.3 Å². The van der Waals surface area contributed by atoms with Gasteiger partial charge in [-0.05, 0) is 62.3 Å². The summed E-state index contributed by atoms with van der Waals surface area (Å²) in [5.74, 6) is -6.07. The van der Waals surface area contributed by atoms with Crippen molar-refractivity contribution in [1.82, 2.24) is 19.8 Å². The number of carbonyl (C=O) groups is 5. The fourth-order valence-electron chi connectivity index (χ4n) is 5.47. The summed E-state index contributed by atoms with van der Waals surface area (Å²) in [6.45, 7) is 1.86. The van der Waals surface area contributed by atoms with Crippen LogP contribution in [0.15, 0.2) is 48.8 Å². The van der Waals surface area contributed by atoms with Crippen LogP contribution in [0.3, 0.4) is 0 Å². The van der Waals surface area contributed by atoms with Crippen LogP contribution in [0, 0.1) is 0 Å². The smallest absolute Gasteiger partial charge is 0.336 e. The minimum Gasteiger partial charge on any atom is -0.481 e. The molecule has 0 radical (unpaired) electrons. The number of fused-ring (bicyclic) bond motifs is 2. The largest absolute Gasteiger partial charge is 0.481 e. The van der Waals surface area contributed by atoms with Crippen LogP contribution in [-0.2, 0) is 36.8 Å². The summed E-state index contributed by atoms with van der Waals surface area (Å²) < 4.78 is 10.9. The van der Waals surface area contributed by atoms with Crippen molar-refractivity contribution in [2.75, 3.05) is 33.9 Å². The van der Waals surface area contributed by atoms with Gasteiger partial charge in [-0.1, -0.05) is 12.1 Å². The minimum absolute atomic E-state index is 0.148. The van der Waals surface area contributed by atoms with E-state index in [9.17, 15) is 34.2 Å². The normalized spacial score (nSPS) is 13.4. The molecule has 0 fully saturated rings. The first-order valence-corrected chi connectivity index (χ1v) is 15.3. The van der Waals surface area contributed by atoms with E-state index in [-0.39, 0.29) is 5.75 Å². The van der Waals surface area contributed by atoms with Crippen LogP contribution in [0.25, 0.3) is 21.8 Å². The van der Waals surface area contributed by atoms with Crippen LogP contribution < -0.4 is 15.2 Å². The number of nitrogens with two attached hydrogens (primary N) is 1. The van der Waals surface area contributed by atoms with E-state index in [1.165, 1.54) is 6.07 Å². The number of aliphatic hydroxyl groups is 1. The Kier molecular flexibility index (Phi) is 11.7. The van der Waals surface area contributed by atoms with E-state index < -0.39 is 60.8 Å². The summed E-state index contributed by atoms with van der Waals surface area (Å²) in [6, 6.07) is 8.83. The van der Waals surface area contributed by atoms with Crippen molar-refractivity contribution in [3.05, 3.63) is 59.9 Å². The summed E-state index contributed by atoms with van der Waals surface area (Å²) in [7, 11) is 3.91. The van der Waals surface area contributed by atoms with E-state index in [0.717, 1.165) is 22.0 Å². The second-order valence-electron chi connectivity index (χ2n) is 12.0. The summed E-state index contributed by atoms with van der Waals surface area (Å²) in [5, 5.41) is 38.8. The van der Waals surface area contributed by atoms with Gasteiger partial charge in [-0.3, -0.25) is 29.0 Å². The maximum atomic E-state index is 12.6. The molecule has 2 heterocycles. The molecule has 49 heavy (non-hydrogen) atoms. The second kappa shape index (κ2) is 15.7. The number of carbonyl (C=O) groups excluding carboxylic acids is 2. The number of aromatic amines is 2. The van der Waals surface area contributed by atoms with Crippen LogP contribution in [0.2, 0.25) is 0 Å². The highest BCUT2D eigenvalue weighted by Crippen LogP contribution is 2.31. The first-order valence-electron chi connectivity index (χ1n) is 15.3. The first kappa shape index (κ1) is 36.5. The van der Waals surface area contributed by atoms with Gasteiger partial charge in [0.15, 0.2) is 5.60 Å². The molecular weight excluding hydrogens is 642 g/mol. The van der Waals surface area contributed by atoms with Gasteiger partial charge in [0.25, 0.3) is 0 Å². The summed E-state index contributed by atoms with van der Waals surface area (Å²) in [5.41, 5.74) is 5.85. The lowest BCUT2D eigenvalue weighted by Gasteiger charge is -2.24. The zero-order chi connectivity index (χ0) is 35.9. The molecule has 0 spiro atoms. The number of carboxylic acids is 3. The quantitative estimate of drug-likeness (QED) is 0.0447. The molecule has 4 rings (SSSR count). The summed E-state index contributed by atoms with van der Waals surface area (Å²) >= 11 is 0. The molecule has 4 aromatic rings. The summed E-state index contributed by atoms with van der Waals surface area (Å²) in [4.78, 5) is 69.0. The average Bonchev–Trinajstić information content (AvgIpc) is 3.63. The monoisotopic (exact) mass is 681 g/mol. The van der Waals surface area contributed by atoms with Crippen molar-refractivity contribution in [1.29, 1.82) is 0 Å². The molecule has 0 aliphatic rings. The van der Waals surface area contributed by atoms with Gasteiger partial charge < -0.3 is 45.6 Å². The van der Waals surface area contributed by atoms with Crippen LogP contribution in [0.4, 0.5) is 0 Å². The van der Waals surface area contributed by atoms with E-state index in [1.807, 2.05) is 26.4 Å². The lowest BCUT2D eigenvalue weighted by molar-refractivity contribution is -0.169. The first-order chi connectivity index (χ1) is 23.2. The Hall–Kier alpha value is -5.29. The molecule has 0 aliphatic heterocycles. The Labute approximate surface area is 280 Å². The van der Waals surface area contributed by atoms with Gasteiger partial charge in [0.1, 0.15) is 17.5 Å². The van der Waals surface area contributed by atoms with E-state index in [2.05, 4.69) is 19.8 Å². The second-order valence-corrected chi connectivity index (χ2v) is 12.0. The molecule has 16 nitrogen and oxygen atoms in total. The third kappa shape index (κ3) is 9.41. The highest BCUT2D eigenvalue weighted by atomic mass is 16.5. The number of aliphatic carboxylic acids is 3. The number of hydrogen-bond acceptors (Lipinski definition) is 11. The molecule has 0 bridgehead atoms. The molecule has 2 atom stereocenters. The third-order valence-corrected chi connectivity index (χ3v) is 7.94. The Morgan fingerprint density at radius 1 is 0.796 bits per heavy atom. The molecule has 262 valence electrons. The Balaban J connectivity index is 1.35. The van der Waals surface area contributed by atoms with Gasteiger partial charge in [-0.2, -0.15) is 0 Å². The number of H-pyrrole nitrogens is 2. The molecule has 1 unspecified atom stereocenters. The van der Waals surface area contributed by atoms with E-state index in [4.69, 9.17) is 25.4 Å². The van der Waals surface area contributed by atoms with Crippen LogP contribution >= 0.6 is 0 Å². The SMILES string of the molecule is CN(CCc1c[nH]c2cccc(OC(=O)C[C@H](N)C(=O)O)c12)CN(C)CCc1c[nH]c2cccc(OC(=O)CC(O)(CC(=O)O)C(=O)O)c12. The topological polar surface area (TPSA) is 249 Å². The van der Waals surface area contributed by atoms with Crippen LogP contribution in [-0.4, -0.2) is 116 Å². The number of esters is 2. The van der Waals surface area contributed by atoms with Crippen LogP contribution in [0.5, 0.6) is 11.5 Å². The van der Waals surface area contributed by atoms with E-state index >= 15 is 0 Å². The van der Waals surface area contributed by atoms with Gasteiger partial charge in [0.2, 0.25) is 0 Å². The lowest BCUT2D eigenvalue weighted by atomic mass is 9.96. The summed E-state index contributed by atoms with van der Waals surface area (Å²) in [6.07, 6.45) is 2.13. The zero-order valence-electron chi connectivity index (χ0n) is 27.0. The number of benzene rings is 2. The van der Waals surface area contributed by atoms with E-state index in [1.54, 1.807) is 30.5 Å². The number of ether oxygens (including phenoxy) is 2. The number of nitrogens with zero attached hydrogens (tertiary/aromatic N) is 2. The van der Waals surface area contributed by atoms with Crippen molar-refractivity contribution in [3.63, 3.8) is 0 Å². The number of aromatic nitrogens is 2. The fourth-order valence-corrected chi connectivity index (χ4v) is 5.47. The fraction of sp³-hybridized carbons (Fsp3) is 0.364. The van der Waals surface area contributed by atoms with Crippen LogP contribution in [0.1, 0.15) is 30.4 Å². The van der Waals surface area contributed by atoms with Crippen molar-refractivity contribution in [2.45, 2.75) is 43.7 Å². The lowest BCUT2D eigenvalue weighted by Crippen LogP contribution is -2.43. The molecule has 2 aromatic carbocycles. The van der Waals surface area contributed by atoms with Crippen molar-refractivity contribution in [2.24, 2.45) is 5.73 Å². The molecule has 0 aliphatic carbocycles. The Morgan fingerprint density at radius 2 is 1.29 bits per heavy atom. The van der Waals surface area contributed by atoms with Gasteiger partial charge in [0.05, 0.1) is 25.9 Å². The van der Waals surface area contributed by atoms with Gasteiger partial charge in [0, 0.05) is 47.3 Å². The molecule has 0 saturated carbocycles. The number of carboxylic acid groups (broad SMARTS) is 3. The molecule has 0 saturated heterocycles. The predicted octanol–water partition coefficient (Wildman–Crippen LogP) is 1.55. The van der Waals surface area contributed by atoms with Crippen molar-refractivity contribution in [3.8, 4) is 11.5 Å². The minimum atomic E-state index is -2.81. The third-order valence-electron chi connectivity index (χ3n) is 7.94. The molecule has 0 amide bonds. The van der Waals surface area contributed by atoms with Crippen molar-refractivity contribution >= 4 is 51.7 Å². The standard InChI is InChI=1S/C33H39N5O11/c1-37(11-9-19-16-35-22-5-3-7-24(29(19)22)48-27(41)13-21(34)31(43)44)18-38(2)12-10-20-17-36-23-6-4-8-25(30(20)23)49-28(42)15-33(47,32(45)46)14-26(39)40/h3-8,16-17,21,35-36,47H,9-15,18,34H2,1-2H3,(H,39,40)(H,43,44)(H,45,46)/t21-,33?/m0/s1. The zero-order valence-corrected chi connectivity index (χ0v) is 27.0. The molecular formula is C33H39N5O11. The predicted molar refractivity (Wildman–Crippen MR) is 175 cm³/mol. The van der Waals surface area contributed by atoms with Gasteiger partial charge >= 0.3 is 29.8 Å². The average molecular weight is 682 g/mol. The maximum Gasteiger partial charge on any atom is 0.336 e. The van der Waals surface area contributed by atoms with Crippen molar-refractivity contribution < 1.29 is 53.9 Å². The Bertz CT molecular complexity index is 1850. The number of likely N-dealkylation sites (N-methyl/N-ethyl adjacent to an activating group) is 2.